The Hall–Kier alpha value is -1.72. The van der Waals surface area contributed by atoms with Crippen molar-refractivity contribution in [2.45, 2.75) is 13.0 Å². The minimum Gasteiger partial charge on any atom is -0.399 e. The molecule has 1 amide bonds. The third-order valence-corrected chi connectivity index (χ3v) is 3.46. The topological polar surface area (TPSA) is 83.8 Å². The lowest BCUT2D eigenvalue weighted by atomic mass is 10.1. The predicted octanol–water partition coefficient (Wildman–Crippen LogP) is 2.79. The molecule has 1 atom stereocenters. The third kappa shape index (κ3) is 3.00. The maximum absolute atomic E-state index is 12.1. The number of amides is 1. The lowest BCUT2D eigenvalue weighted by Gasteiger charge is -2.13. The molecule has 0 radical (unpaired) electrons. The first-order valence-electron chi connectivity index (χ1n) is 5.53. The zero-order valence-corrected chi connectivity index (χ0v) is 11.6. The molecule has 1 unspecified atom stereocenters. The number of aromatic nitrogens is 2. The Morgan fingerprint density at radius 2 is 2.21 bits per heavy atom. The van der Waals surface area contributed by atoms with E-state index in [-0.39, 0.29) is 27.6 Å². The standard InChI is InChI=1S/C12H12Cl2N4O/c1-6(7-4-16-17-5-7)18-12(19)9-2-8(15)3-10(13)11(9)14/h2-6H,15H2,1H3,(H,16,17)(H,18,19). The second-order valence-electron chi connectivity index (χ2n) is 4.09. The summed E-state index contributed by atoms with van der Waals surface area (Å²) in [5.41, 5.74) is 7.15. The van der Waals surface area contributed by atoms with Crippen LogP contribution in [0.25, 0.3) is 0 Å². The summed E-state index contributed by atoms with van der Waals surface area (Å²) in [5.74, 6) is -0.340. The van der Waals surface area contributed by atoms with E-state index in [2.05, 4.69) is 15.5 Å². The molecule has 1 aromatic carbocycles. The van der Waals surface area contributed by atoms with E-state index in [0.29, 0.717) is 5.69 Å². The van der Waals surface area contributed by atoms with Gasteiger partial charge in [0.2, 0.25) is 0 Å². The summed E-state index contributed by atoms with van der Waals surface area (Å²) in [6.45, 7) is 1.84. The van der Waals surface area contributed by atoms with E-state index in [4.69, 9.17) is 28.9 Å². The number of carbonyl (C=O) groups is 1. The van der Waals surface area contributed by atoms with Crippen molar-refractivity contribution in [1.82, 2.24) is 15.5 Å². The Kier molecular flexibility index (Phi) is 3.97. The number of benzene rings is 1. The van der Waals surface area contributed by atoms with Crippen molar-refractivity contribution in [2.75, 3.05) is 5.73 Å². The monoisotopic (exact) mass is 298 g/mol. The molecule has 0 saturated carbocycles. The van der Waals surface area contributed by atoms with Gasteiger partial charge < -0.3 is 11.1 Å². The molecular formula is C12H12Cl2N4O. The van der Waals surface area contributed by atoms with Gasteiger partial charge in [-0.2, -0.15) is 5.10 Å². The molecule has 2 aromatic rings. The fourth-order valence-corrected chi connectivity index (χ4v) is 2.05. The third-order valence-electron chi connectivity index (χ3n) is 2.66. The molecule has 100 valence electrons. The van der Waals surface area contributed by atoms with Crippen LogP contribution >= 0.6 is 23.2 Å². The Labute approximate surface area is 120 Å². The van der Waals surface area contributed by atoms with Crippen LogP contribution in [-0.4, -0.2) is 16.1 Å². The van der Waals surface area contributed by atoms with Gasteiger partial charge >= 0.3 is 0 Å². The number of nitrogens with two attached hydrogens (primary N) is 1. The Bertz CT molecular complexity index is 598. The zero-order valence-electron chi connectivity index (χ0n) is 10.1. The molecule has 5 nitrogen and oxygen atoms in total. The lowest BCUT2D eigenvalue weighted by molar-refractivity contribution is 0.0940. The Balaban J connectivity index is 2.21. The van der Waals surface area contributed by atoms with Gasteiger partial charge in [0.05, 0.1) is 27.8 Å². The van der Waals surface area contributed by atoms with Crippen molar-refractivity contribution < 1.29 is 4.79 Å². The van der Waals surface area contributed by atoms with E-state index in [1.54, 1.807) is 12.4 Å². The highest BCUT2D eigenvalue weighted by atomic mass is 35.5. The molecule has 0 aliphatic rings. The largest absolute Gasteiger partial charge is 0.399 e. The van der Waals surface area contributed by atoms with Crippen LogP contribution in [0.3, 0.4) is 0 Å². The molecule has 0 bridgehead atoms. The SMILES string of the molecule is CC(NC(=O)c1cc(N)cc(Cl)c1Cl)c1cn[nH]c1. The van der Waals surface area contributed by atoms with Gasteiger partial charge in [-0.1, -0.05) is 23.2 Å². The smallest absolute Gasteiger partial charge is 0.253 e. The molecule has 7 heteroatoms. The molecule has 1 heterocycles. The number of rotatable bonds is 3. The maximum atomic E-state index is 12.1. The van der Waals surface area contributed by atoms with Gasteiger partial charge in [-0.15, -0.1) is 0 Å². The van der Waals surface area contributed by atoms with Crippen molar-refractivity contribution in [3.8, 4) is 0 Å². The number of nitrogen functional groups attached to an aromatic ring is 1. The fraction of sp³-hybridized carbons (Fsp3) is 0.167. The number of carbonyl (C=O) groups excluding carboxylic acids is 1. The Morgan fingerprint density at radius 3 is 2.84 bits per heavy atom. The molecular weight excluding hydrogens is 287 g/mol. The van der Waals surface area contributed by atoms with E-state index in [9.17, 15) is 4.79 Å². The van der Waals surface area contributed by atoms with Crippen LogP contribution in [-0.2, 0) is 0 Å². The van der Waals surface area contributed by atoms with E-state index in [0.717, 1.165) is 5.56 Å². The van der Waals surface area contributed by atoms with Crippen LogP contribution in [0.15, 0.2) is 24.5 Å². The molecule has 0 aliphatic carbocycles. The highest BCUT2D eigenvalue weighted by molar-refractivity contribution is 6.44. The van der Waals surface area contributed by atoms with E-state index >= 15 is 0 Å². The van der Waals surface area contributed by atoms with Gasteiger partial charge in [0.15, 0.2) is 0 Å². The molecule has 4 N–H and O–H groups in total. The van der Waals surface area contributed by atoms with Gasteiger partial charge in [0, 0.05) is 17.4 Å². The highest BCUT2D eigenvalue weighted by Crippen LogP contribution is 2.29. The first-order valence-corrected chi connectivity index (χ1v) is 6.28. The minimum absolute atomic E-state index is 0.188. The second-order valence-corrected chi connectivity index (χ2v) is 4.88. The van der Waals surface area contributed by atoms with Crippen molar-refractivity contribution in [2.24, 2.45) is 0 Å². The number of halogens is 2. The second kappa shape index (κ2) is 5.50. The Morgan fingerprint density at radius 1 is 1.47 bits per heavy atom. The molecule has 0 aliphatic heterocycles. The molecule has 2 rings (SSSR count). The van der Waals surface area contributed by atoms with Crippen LogP contribution in [0.1, 0.15) is 28.9 Å². The van der Waals surface area contributed by atoms with E-state index < -0.39 is 0 Å². The van der Waals surface area contributed by atoms with Crippen LogP contribution in [0.2, 0.25) is 10.0 Å². The van der Waals surface area contributed by atoms with E-state index in [1.807, 2.05) is 6.92 Å². The predicted molar refractivity (Wildman–Crippen MR) is 75.3 cm³/mol. The van der Waals surface area contributed by atoms with Crippen LogP contribution in [0.4, 0.5) is 5.69 Å². The summed E-state index contributed by atoms with van der Waals surface area (Å²) in [7, 11) is 0. The number of hydrogen-bond acceptors (Lipinski definition) is 3. The quantitative estimate of drug-likeness (QED) is 0.762. The van der Waals surface area contributed by atoms with Crippen molar-refractivity contribution in [3.05, 3.63) is 45.7 Å². The summed E-state index contributed by atoms with van der Waals surface area (Å²) in [5, 5.41) is 9.75. The maximum Gasteiger partial charge on any atom is 0.253 e. The average molecular weight is 299 g/mol. The van der Waals surface area contributed by atoms with Crippen LogP contribution in [0, 0.1) is 0 Å². The number of hydrogen-bond donors (Lipinski definition) is 3. The first kappa shape index (κ1) is 13.7. The van der Waals surface area contributed by atoms with Crippen molar-refractivity contribution in [3.63, 3.8) is 0 Å². The molecule has 0 fully saturated rings. The summed E-state index contributed by atoms with van der Waals surface area (Å²) < 4.78 is 0. The molecule has 0 spiro atoms. The summed E-state index contributed by atoms with van der Waals surface area (Å²) in [6.07, 6.45) is 3.35. The van der Waals surface area contributed by atoms with Crippen molar-refractivity contribution >= 4 is 34.8 Å². The van der Waals surface area contributed by atoms with E-state index in [1.165, 1.54) is 12.1 Å². The zero-order chi connectivity index (χ0) is 14.0. The number of nitrogens with zero attached hydrogens (tertiary/aromatic N) is 1. The lowest BCUT2D eigenvalue weighted by Crippen LogP contribution is -2.26. The minimum atomic E-state index is -0.340. The van der Waals surface area contributed by atoms with Gasteiger partial charge in [0.25, 0.3) is 5.91 Å². The summed E-state index contributed by atoms with van der Waals surface area (Å²) in [6, 6.07) is 2.79. The fourth-order valence-electron chi connectivity index (χ4n) is 1.63. The van der Waals surface area contributed by atoms with Gasteiger partial charge in [-0.05, 0) is 19.1 Å². The molecule has 1 aromatic heterocycles. The van der Waals surface area contributed by atoms with Crippen LogP contribution < -0.4 is 11.1 Å². The molecule has 0 saturated heterocycles. The number of H-pyrrole nitrogens is 1. The van der Waals surface area contributed by atoms with Gasteiger partial charge in [-0.3, -0.25) is 9.89 Å². The highest BCUT2D eigenvalue weighted by Gasteiger charge is 2.17. The number of anilines is 1. The van der Waals surface area contributed by atoms with Gasteiger partial charge in [0.1, 0.15) is 0 Å². The van der Waals surface area contributed by atoms with Gasteiger partial charge in [-0.25, -0.2) is 0 Å². The molecule has 19 heavy (non-hydrogen) atoms. The van der Waals surface area contributed by atoms with Crippen LogP contribution in [0.5, 0.6) is 0 Å². The van der Waals surface area contributed by atoms with Crippen molar-refractivity contribution in [1.29, 1.82) is 0 Å². The summed E-state index contributed by atoms with van der Waals surface area (Å²) in [4.78, 5) is 12.1. The normalized spacial score (nSPS) is 12.2. The summed E-state index contributed by atoms with van der Waals surface area (Å²) >= 11 is 11.9. The first-order chi connectivity index (χ1) is 8.99. The number of nitrogens with one attached hydrogen (secondary N) is 2. The number of aromatic amines is 1. The average Bonchev–Trinajstić information content (AvgIpc) is 2.87.